The van der Waals surface area contributed by atoms with Crippen molar-refractivity contribution < 1.29 is 0 Å². The molecule has 1 fully saturated rings. The molecule has 1 aliphatic heterocycles. The van der Waals surface area contributed by atoms with Crippen LogP contribution in [0.15, 0.2) is 42.9 Å². The van der Waals surface area contributed by atoms with Crippen LogP contribution in [0.4, 0.5) is 11.6 Å². The monoisotopic (exact) mass is 393 g/mol. The number of aromatic nitrogens is 3. The molecule has 0 unspecified atom stereocenters. The Morgan fingerprint density at radius 2 is 1.89 bits per heavy atom. The highest BCUT2D eigenvalue weighted by molar-refractivity contribution is 6.31. The van der Waals surface area contributed by atoms with E-state index in [1.54, 1.807) is 18.6 Å². The van der Waals surface area contributed by atoms with E-state index in [9.17, 15) is 5.26 Å². The Kier molecular flexibility index (Phi) is 5.51. The second kappa shape index (κ2) is 8.38. The molecule has 4 rings (SSSR count). The fraction of sp³-hybridized carbons (Fsp3) is 0.300. The van der Waals surface area contributed by atoms with Crippen molar-refractivity contribution in [3.05, 3.63) is 53.4 Å². The summed E-state index contributed by atoms with van der Waals surface area (Å²) in [4.78, 5) is 17.6. The second-order valence-corrected chi connectivity index (χ2v) is 7.06. The summed E-state index contributed by atoms with van der Waals surface area (Å²) < 4.78 is 0. The van der Waals surface area contributed by atoms with Crippen molar-refractivity contribution in [2.24, 2.45) is 0 Å². The number of nitrogens with zero attached hydrogens (tertiary/aromatic N) is 6. The molecule has 0 aliphatic carbocycles. The van der Waals surface area contributed by atoms with E-state index in [2.05, 4.69) is 36.1 Å². The van der Waals surface area contributed by atoms with Crippen molar-refractivity contribution in [2.75, 3.05) is 49.5 Å². The topological polar surface area (TPSA) is 81.0 Å². The van der Waals surface area contributed by atoms with Crippen molar-refractivity contribution in [3.63, 3.8) is 0 Å². The van der Waals surface area contributed by atoms with E-state index in [0.29, 0.717) is 10.6 Å². The van der Waals surface area contributed by atoms with Gasteiger partial charge in [0.05, 0.1) is 16.8 Å². The summed E-state index contributed by atoms with van der Waals surface area (Å²) in [5.74, 6) is 0.791. The van der Waals surface area contributed by atoms with Crippen LogP contribution in [0.3, 0.4) is 0 Å². The van der Waals surface area contributed by atoms with Crippen molar-refractivity contribution in [2.45, 2.75) is 0 Å². The lowest BCUT2D eigenvalue weighted by Crippen LogP contribution is -2.48. The Balaban J connectivity index is 1.37. The molecule has 3 heterocycles. The molecule has 3 aromatic rings. The van der Waals surface area contributed by atoms with E-state index in [4.69, 9.17) is 11.6 Å². The standard InChI is InChI=1S/C20H20ClN7/c21-16-2-3-18-17(12-16)19(15(13-22)14-26-18)23-6-7-27-8-10-28(11-9-27)20-24-4-1-5-25-20/h1-5,12,14H,6-11H2,(H,23,26). The number of rotatable bonds is 5. The minimum atomic E-state index is 0.529. The summed E-state index contributed by atoms with van der Waals surface area (Å²) in [5.41, 5.74) is 2.15. The first-order chi connectivity index (χ1) is 13.7. The van der Waals surface area contributed by atoms with Gasteiger partial charge in [0.1, 0.15) is 6.07 Å². The van der Waals surface area contributed by atoms with Gasteiger partial charge in [-0.2, -0.15) is 5.26 Å². The normalized spacial score (nSPS) is 14.8. The van der Waals surface area contributed by atoms with Crippen molar-refractivity contribution in [3.8, 4) is 6.07 Å². The summed E-state index contributed by atoms with van der Waals surface area (Å²) in [5, 5.41) is 14.4. The molecule has 1 N–H and O–H groups in total. The molecule has 2 aromatic heterocycles. The molecule has 142 valence electrons. The third-order valence-corrected chi connectivity index (χ3v) is 5.12. The van der Waals surface area contributed by atoms with Crippen LogP contribution < -0.4 is 10.2 Å². The number of hydrogen-bond donors (Lipinski definition) is 1. The maximum absolute atomic E-state index is 9.44. The number of piperazine rings is 1. The van der Waals surface area contributed by atoms with Crippen LogP contribution in [-0.2, 0) is 0 Å². The van der Waals surface area contributed by atoms with Crippen LogP contribution in [0.1, 0.15) is 5.56 Å². The number of benzene rings is 1. The first-order valence-corrected chi connectivity index (χ1v) is 9.59. The Labute approximate surface area is 168 Å². The first kappa shape index (κ1) is 18.4. The molecule has 1 aromatic carbocycles. The fourth-order valence-electron chi connectivity index (χ4n) is 3.41. The van der Waals surface area contributed by atoms with Crippen molar-refractivity contribution in [1.82, 2.24) is 19.9 Å². The second-order valence-electron chi connectivity index (χ2n) is 6.62. The minimum absolute atomic E-state index is 0.529. The summed E-state index contributed by atoms with van der Waals surface area (Å²) >= 11 is 6.14. The molecular formula is C20H20ClN7. The number of fused-ring (bicyclic) bond motifs is 1. The zero-order valence-electron chi connectivity index (χ0n) is 15.3. The van der Waals surface area contributed by atoms with Gasteiger partial charge in [-0.15, -0.1) is 0 Å². The van der Waals surface area contributed by atoms with E-state index >= 15 is 0 Å². The fourth-order valence-corrected chi connectivity index (χ4v) is 3.58. The van der Waals surface area contributed by atoms with Gasteiger partial charge in [-0.05, 0) is 24.3 Å². The summed E-state index contributed by atoms with van der Waals surface area (Å²) in [6, 6.07) is 9.58. The van der Waals surface area contributed by atoms with Gasteiger partial charge in [0.15, 0.2) is 0 Å². The number of pyridine rings is 1. The van der Waals surface area contributed by atoms with E-state index in [0.717, 1.165) is 61.8 Å². The zero-order chi connectivity index (χ0) is 19.3. The van der Waals surface area contributed by atoms with E-state index in [1.807, 2.05) is 24.3 Å². The van der Waals surface area contributed by atoms with Crippen molar-refractivity contribution >= 4 is 34.1 Å². The van der Waals surface area contributed by atoms with Crippen LogP contribution in [0, 0.1) is 11.3 Å². The lowest BCUT2D eigenvalue weighted by molar-refractivity contribution is 0.266. The average Bonchev–Trinajstić information content (AvgIpc) is 2.75. The highest BCUT2D eigenvalue weighted by atomic mass is 35.5. The molecular weight excluding hydrogens is 374 g/mol. The molecule has 1 saturated heterocycles. The third kappa shape index (κ3) is 3.98. The maximum Gasteiger partial charge on any atom is 0.225 e. The van der Waals surface area contributed by atoms with Gasteiger partial charge in [-0.3, -0.25) is 9.88 Å². The van der Waals surface area contributed by atoms with Gasteiger partial charge >= 0.3 is 0 Å². The number of halogens is 1. The molecule has 0 amide bonds. The summed E-state index contributed by atoms with van der Waals surface area (Å²) in [7, 11) is 0. The van der Waals surface area contributed by atoms with Crippen LogP contribution in [0.2, 0.25) is 5.02 Å². The maximum atomic E-state index is 9.44. The lowest BCUT2D eigenvalue weighted by atomic mass is 10.1. The number of hydrogen-bond acceptors (Lipinski definition) is 7. The van der Waals surface area contributed by atoms with Crippen LogP contribution >= 0.6 is 11.6 Å². The molecule has 0 radical (unpaired) electrons. The number of nitriles is 1. The quantitative estimate of drug-likeness (QED) is 0.713. The molecule has 0 bridgehead atoms. The van der Waals surface area contributed by atoms with Crippen LogP contribution in [0.5, 0.6) is 0 Å². The number of anilines is 2. The van der Waals surface area contributed by atoms with E-state index in [-0.39, 0.29) is 0 Å². The molecule has 8 heteroatoms. The Bertz CT molecular complexity index is 995. The number of nitrogens with one attached hydrogen (secondary N) is 1. The SMILES string of the molecule is N#Cc1cnc2ccc(Cl)cc2c1NCCN1CCN(c2ncccn2)CC1. The molecule has 0 spiro atoms. The van der Waals surface area contributed by atoms with E-state index in [1.165, 1.54) is 0 Å². The summed E-state index contributed by atoms with van der Waals surface area (Å²) in [6.45, 7) is 5.34. The van der Waals surface area contributed by atoms with Crippen LogP contribution in [-0.4, -0.2) is 59.1 Å². The first-order valence-electron chi connectivity index (χ1n) is 9.21. The molecule has 7 nitrogen and oxygen atoms in total. The predicted molar refractivity (Wildman–Crippen MR) is 111 cm³/mol. The zero-order valence-corrected chi connectivity index (χ0v) is 16.1. The highest BCUT2D eigenvalue weighted by Gasteiger charge is 2.18. The molecule has 1 aliphatic rings. The van der Waals surface area contributed by atoms with Gasteiger partial charge in [-0.1, -0.05) is 11.6 Å². The molecule has 0 atom stereocenters. The van der Waals surface area contributed by atoms with Crippen molar-refractivity contribution in [1.29, 1.82) is 5.26 Å². The Morgan fingerprint density at radius 1 is 1.11 bits per heavy atom. The predicted octanol–water partition coefficient (Wildman–Crippen LogP) is 2.78. The van der Waals surface area contributed by atoms with Gasteiger partial charge in [0.2, 0.25) is 5.95 Å². The van der Waals surface area contributed by atoms with Gasteiger partial charge in [0, 0.05) is 68.3 Å². The molecule has 0 saturated carbocycles. The lowest BCUT2D eigenvalue weighted by Gasteiger charge is -2.34. The smallest absolute Gasteiger partial charge is 0.225 e. The van der Waals surface area contributed by atoms with E-state index < -0.39 is 0 Å². The largest absolute Gasteiger partial charge is 0.382 e. The van der Waals surface area contributed by atoms with Crippen LogP contribution in [0.25, 0.3) is 10.9 Å². The average molecular weight is 394 g/mol. The molecule has 28 heavy (non-hydrogen) atoms. The van der Waals surface area contributed by atoms with Gasteiger partial charge in [-0.25, -0.2) is 9.97 Å². The van der Waals surface area contributed by atoms with Gasteiger partial charge < -0.3 is 10.2 Å². The highest BCUT2D eigenvalue weighted by Crippen LogP contribution is 2.28. The third-order valence-electron chi connectivity index (χ3n) is 4.89. The Morgan fingerprint density at radius 3 is 2.64 bits per heavy atom. The minimum Gasteiger partial charge on any atom is -0.382 e. The summed E-state index contributed by atoms with van der Waals surface area (Å²) in [6.07, 6.45) is 5.16. The van der Waals surface area contributed by atoms with Gasteiger partial charge in [0.25, 0.3) is 0 Å². The Hall–Kier alpha value is -2.95.